The maximum Gasteiger partial charge on any atom is 0.239 e. The Bertz CT molecular complexity index is 618. The maximum absolute atomic E-state index is 12.1. The third-order valence-electron chi connectivity index (χ3n) is 4.19. The van der Waals surface area contributed by atoms with Gasteiger partial charge in [-0.3, -0.25) is 14.5 Å². The Morgan fingerprint density at radius 2 is 2.20 bits per heavy atom. The third-order valence-corrected chi connectivity index (χ3v) is 5.02. The predicted octanol–water partition coefficient (Wildman–Crippen LogP) is 1.42. The number of carbonyl (C=O) groups excluding carboxylic acids is 2. The van der Waals surface area contributed by atoms with E-state index in [4.69, 9.17) is 10.00 Å². The quantitative estimate of drug-likeness (QED) is 0.681. The van der Waals surface area contributed by atoms with Gasteiger partial charge in [0.25, 0.3) is 0 Å². The molecule has 0 saturated carbocycles. The van der Waals surface area contributed by atoms with Gasteiger partial charge in [-0.2, -0.15) is 5.26 Å². The highest BCUT2D eigenvalue weighted by Gasteiger charge is 2.25. The van der Waals surface area contributed by atoms with Gasteiger partial charge in [0.2, 0.25) is 11.8 Å². The van der Waals surface area contributed by atoms with Gasteiger partial charge < -0.3 is 15.4 Å². The number of hydrogen-bond acceptors (Lipinski definition) is 6. The molecule has 0 unspecified atom stereocenters. The summed E-state index contributed by atoms with van der Waals surface area (Å²) >= 11 is 1.34. The molecule has 2 rings (SSSR count). The van der Waals surface area contributed by atoms with Crippen LogP contribution >= 0.6 is 11.3 Å². The van der Waals surface area contributed by atoms with Gasteiger partial charge in [-0.1, -0.05) is 0 Å². The number of rotatable bonds is 8. The number of piperidine rings is 1. The standard InChI is InChI=1S/C17H24N4O3S/c1-24-9-2-6-19-16(23)13-3-7-21(8-4-13)12-15(22)20-17-14(11-18)5-10-25-17/h5,10,13H,2-4,6-9,12H2,1H3,(H,19,23)(H,20,22). The van der Waals surface area contributed by atoms with Gasteiger partial charge in [-0.05, 0) is 43.8 Å². The average molecular weight is 364 g/mol. The molecule has 1 aliphatic heterocycles. The minimum absolute atomic E-state index is 0.0179. The molecule has 1 fully saturated rings. The van der Waals surface area contributed by atoms with E-state index in [2.05, 4.69) is 16.7 Å². The van der Waals surface area contributed by atoms with Gasteiger partial charge in [0.05, 0.1) is 12.1 Å². The van der Waals surface area contributed by atoms with Crippen molar-refractivity contribution in [3.05, 3.63) is 17.0 Å². The van der Waals surface area contributed by atoms with Crippen LogP contribution in [-0.2, 0) is 14.3 Å². The van der Waals surface area contributed by atoms with Crippen molar-refractivity contribution in [1.29, 1.82) is 5.26 Å². The van der Waals surface area contributed by atoms with Crippen LogP contribution in [0.5, 0.6) is 0 Å². The fourth-order valence-electron chi connectivity index (χ4n) is 2.79. The highest BCUT2D eigenvalue weighted by atomic mass is 32.1. The molecule has 1 aromatic heterocycles. The third kappa shape index (κ3) is 6.12. The van der Waals surface area contributed by atoms with Crippen molar-refractivity contribution < 1.29 is 14.3 Å². The van der Waals surface area contributed by atoms with Crippen molar-refractivity contribution in [1.82, 2.24) is 10.2 Å². The monoisotopic (exact) mass is 364 g/mol. The summed E-state index contributed by atoms with van der Waals surface area (Å²) in [4.78, 5) is 26.3. The molecular formula is C17H24N4O3S. The Labute approximate surface area is 151 Å². The lowest BCUT2D eigenvalue weighted by molar-refractivity contribution is -0.126. The Hall–Kier alpha value is -1.95. The van der Waals surface area contributed by atoms with E-state index >= 15 is 0 Å². The van der Waals surface area contributed by atoms with Crippen molar-refractivity contribution in [3.63, 3.8) is 0 Å². The first-order valence-electron chi connectivity index (χ1n) is 8.40. The molecule has 0 aliphatic carbocycles. The second-order valence-corrected chi connectivity index (χ2v) is 6.93. The second-order valence-electron chi connectivity index (χ2n) is 6.01. The zero-order chi connectivity index (χ0) is 18.1. The van der Waals surface area contributed by atoms with E-state index in [1.165, 1.54) is 11.3 Å². The average Bonchev–Trinajstić information content (AvgIpc) is 3.06. The summed E-state index contributed by atoms with van der Waals surface area (Å²) in [5.41, 5.74) is 0.488. The number of nitrogens with one attached hydrogen (secondary N) is 2. The summed E-state index contributed by atoms with van der Waals surface area (Å²) < 4.78 is 4.96. The molecule has 0 radical (unpaired) electrons. The summed E-state index contributed by atoms with van der Waals surface area (Å²) in [5.74, 6) is -0.0109. The number of methoxy groups -OCH3 is 1. The van der Waals surface area contributed by atoms with Gasteiger partial charge >= 0.3 is 0 Å². The van der Waals surface area contributed by atoms with E-state index in [-0.39, 0.29) is 24.3 Å². The van der Waals surface area contributed by atoms with Crippen molar-refractivity contribution >= 4 is 28.2 Å². The van der Waals surface area contributed by atoms with Crippen LogP contribution in [0.25, 0.3) is 0 Å². The Kier molecular flexibility index (Phi) is 7.85. The molecule has 1 saturated heterocycles. The molecule has 2 amide bonds. The predicted molar refractivity (Wildman–Crippen MR) is 96.3 cm³/mol. The first-order valence-corrected chi connectivity index (χ1v) is 9.28. The normalized spacial score (nSPS) is 15.5. The van der Waals surface area contributed by atoms with Crippen molar-refractivity contribution in [3.8, 4) is 6.07 Å². The number of anilines is 1. The van der Waals surface area contributed by atoms with E-state index in [1.54, 1.807) is 18.6 Å². The van der Waals surface area contributed by atoms with E-state index in [0.29, 0.717) is 23.7 Å². The largest absolute Gasteiger partial charge is 0.385 e. The number of thiophene rings is 1. The molecule has 0 aromatic carbocycles. The molecule has 0 spiro atoms. The summed E-state index contributed by atoms with van der Waals surface area (Å²) in [5, 5.41) is 17.1. The number of nitrogens with zero attached hydrogens (tertiary/aromatic N) is 2. The molecule has 136 valence electrons. The van der Waals surface area contributed by atoms with Gasteiger partial charge in [0, 0.05) is 26.2 Å². The van der Waals surface area contributed by atoms with Gasteiger partial charge in [-0.15, -0.1) is 11.3 Å². The van der Waals surface area contributed by atoms with Crippen LogP contribution in [0.1, 0.15) is 24.8 Å². The number of hydrogen-bond donors (Lipinski definition) is 2. The van der Waals surface area contributed by atoms with Crippen LogP contribution in [-0.4, -0.2) is 56.6 Å². The SMILES string of the molecule is COCCCNC(=O)C1CCN(CC(=O)Nc2sccc2C#N)CC1. The van der Waals surface area contributed by atoms with Crippen molar-refractivity contribution in [2.75, 3.05) is 45.2 Å². The van der Waals surface area contributed by atoms with Crippen LogP contribution in [0.15, 0.2) is 11.4 Å². The zero-order valence-corrected chi connectivity index (χ0v) is 15.2. The van der Waals surface area contributed by atoms with Crippen LogP contribution in [0.3, 0.4) is 0 Å². The summed E-state index contributed by atoms with van der Waals surface area (Å²) in [6.07, 6.45) is 2.33. The zero-order valence-electron chi connectivity index (χ0n) is 14.4. The molecule has 0 bridgehead atoms. The minimum Gasteiger partial charge on any atom is -0.385 e. The second kappa shape index (κ2) is 10.1. The van der Waals surface area contributed by atoms with Crippen LogP contribution in [0.2, 0.25) is 0 Å². The maximum atomic E-state index is 12.1. The number of carbonyl (C=O) groups is 2. The number of amides is 2. The topological polar surface area (TPSA) is 94.5 Å². The highest BCUT2D eigenvalue weighted by Crippen LogP contribution is 2.22. The van der Waals surface area contributed by atoms with Crippen LogP contribution in [0, 0.1) is 17.2 Å². The lowest BCUT2D eigenvalue weighted by atomic mass is 9.96. The van der Waals surface area contributed by atoms with E-state index in [0.717, 1.165) is 32.4 Å². The van der Waals surface area contributed by atoms with Crippen molar-refractivity contribution in [2.24, 2.45) is 5.92 Å². The van der Waals surface area contributed by atoms with E-state index in [9.17, 15) is 9.59 Å². The first kappa shape index (κ1) is 19.4. The lowest BCUT2D eigenvalue weighted by Crippen LogP contribution is -2.43. The smallest absolute Gasteiger partial charge is 0.239 e. The Morgan fingerprint density at radius 1 is 1.44 bits per heavy atom. The number of likely N-dealkylation sites (tertiary alicyclic amines) is 1. The molecule has 8 heteroatoms. The summed E-state index contributed by atoms with van der Waals surface area (Å²) in [6.45, 7) is 3.01. The van der Waals surface area contributed by atoms with Crippen LogP contribution < -0.4 is 10.6 Å². The number of ether oxygens (including phenoxy) is 1. The molecule has 2 N–H and O–H groups in total. The van der Waals surface area contributed by atoms with Crippen molar-refractivity contribution in [2.45, 2.75) is 19.3 Å². The Balaban J connectivity index is 1.68. The molecular weight excluding hydrogens is 340 g/mol. The molecule has 25 heavy (non-hydrogen) atoms. The van der Waals surface area contributed by atoms with E-state index in [1.807, 2.05) is 4.90 Å². The molecule has 1 aliphatic rings. The Morgan fingerprint density at radius 3 is 2.88 bits per heavy atom. The molecule has 1 aromatic rings. The van der Waals surface area contributed by atoms with Gasteiger partial charge in [-0.25, -0.2) is 0 Å². The summed E-state index contributed by atoms with van der Waals surface area (Å²) in [7, 11) is 1.65. The number of nitriles is 1. The van der Waals surface area contributed by atoms with Gasteiger partial charge in [0.15, 0.2) is 0 Å². The van der Waals surface area contributed by atoms with E-state index < -0.39 is 0 Å². The highest BCUT2D eigenvalue weighted by molar-refractivity contribution is 7.14. The van der Waals surface area contributed by atoms with Gasteiger partial charge in [0.1, 0.15) is 11.1 Å². The fraction of sp³-hybridized carbons (Fsp3) is 0.588. The lowest BCUT2D eigenvalue weighted by Gasteiger charge is -2.30. The fourth-order valence-corrected chi connectivity index (χ4v) is 3.54. The molecule has 0 atom stereocenters. The summed E-state index contributed by atoms with van der Waals surface area (Å²) in [6, 6.07) is 3.75. The first-order chi connectivity index (χ1) is 12.1. The minimum atomic E-state index is -0.124. The molecule has 2 heterocycles. The van der Waals surface area contributed by atoms with Crippen LogP contribution in [0.4, 0.5) is 5.00 Å². The molecule has 7 nitrogen and oxygen atoms in total.